The summed E-state index contributed by atoms with van der Waals surface area (Å²) < 4.78 is 0. The number of nitrogen functional groups attached to an aromatic ring is 1. The lowest BCUT2D eigenvalue weighted by Crippen LogP contribution is -2.03. The summed E-state index contributed by atoms with van der Waals surface area (Å²) in [5.74, 6) is 0.650. The van der Waals surface area contributed by atoms with Crippen LogP contribution in [0.3, 0.4) is 0 Å². The normalized spacial score (nSPS) is 9.43. The molecule has 0 atom stereocenters. The van der Waals surface area contributed by atoms with Crippen molar-refractivity contribution >= 4 is 17.6 Å². The molecule has 110 valence electrons. The Kier molecular flexibility index (Phi) is 5.00. The van der Waals surface area contributed by atoms with E-state index in [1.54, 1.807) is 30.3 Å². The van der Waals surface area contributed by atoms with Crippen molar-refractivity contribution in [2.75, 3.05) is 11.5 Å². The average molecular weight is 317 g/mol. The monoisotopic (exact) mass is 317 g/mol. The number of benzene rings is 1. The lowest BCUT2D eigenvalue weighted by atomic mass is 9.96. The van der Waals surface area contributed by atoms with Gasteiger partial charge in [-0.3, -0.25) is 0 Å². The molecule has 2 N–H and O–H groups in total. The number of aromatic nitrogens is 1. The van der Waals surface area contributed by atoms with E-state index in [0.29, 0.717) is 33.0 Å². The van der Waals surface area contributed by atoms with Crippen molar-refractivity contribution in [1.82, 2.24) is 4.98 Å². The second-order valence-corrected chi connectivity index (χ2v) is 5.45. The molecule has 0 aliphatic rings. The molecule has 1 aromatic carbocycles. The van der Waals surface area contributed by atoms with Crippen molar-refractivity contribution in [3.05, 3.63) is 53.6 Å². The second-order valence-electron chi connectivity index (χ2n) is 4.44. The summed E-state index contributed by atoms with van der Waals surface area (Å²) in [5, 5.41) is 28.3. The van der Waals surface area contributed by atoms with Gasteiger partial charge in [-0.25, -0.2) is 4.98 Å². The fourth-order valence-electron chi connectivity index (χ4n) is 2.04. The molecule has 5 nitrogen and oxygen atoms in total. The Morgan fingerprint density at radius 3 is 2.26 bits per heavy atom. The molecule has 0 saturated heterocycles. The van der Waals surface area contributed by atoms with Crippen molar-refractivity contribution in [3.63, 3.8) is 0 Å². The van der Waals surface area contributed by atoms with Gasteiger partial charge in [0, 0.05) is 11.3 Å². The predicted molar refractivity (Wildman–Crippen MR) is 89.2 cm³/mol. The van der Waals surface area contributed by atoms with Crippen LogP contribution in [0.2, 0.25) is 0 Å². The first-order valence-corrected chi connectivity index (χ1v) is 7.52. The van der Waals surface area contributed by atoms with Gasteiger partial charge in [-0.1, -0.05) is 18.2 Å². The van der Waals surface area contributed by atoms with Gasteiger partial charge in [0.2, 0.25) is 0 Å². The maximum absolute atomic E-state index is 9.54. The summed E-state index contributed by atoms with van der Waals surface area (Å²) in [4.78, 5) is 4.17. The molecular formula is C17H11N5S. The highest BCUT2D eigenvalue weighted by Crippen LogP contribution is 2.35. The third-order valence-electron chi connectivity index (χ3n) is 3.06. The van der Waals surface area contributed by atoms with E-state index < -0.39 is 0 Å². The highest BCUT2D eigenvalue weighted by Gasteiger charge is 2.20. The maximum atomic E-state index is 9.54. The molecule has 1 aromatic heterocycles. The zero-order chi connectivity index (χ0) is 16.8. The summed E-state index contributed by atoms with van der Waals surface area (Å²) in [6.07, 6.45) is 1.70. The van der Waals surface area contributed by atoms with E-state index in [-0.39, 0.29) is 11.4 Å². The summed E-state index contributed by atoms with van der Waals surface area (Å²) in [5.41, 5.74) is 7.93. The highest BCUT2D eigenvalue weighted by atomic mass is 32.2. The standard InChI is InChI=1S/C17H11N5S/c1-2-7-23-17-14(10-20)15(13(9-19)16(21)22-17)12-5-3-11(8-18)4-6-12/h2-6H,1,7H2,(H2,21,22). The van der Waals surface area contributed by atoms with E-state index in [9.17, 15) is 10.5 Å². The minimum Gasteiger partial charge on any atom is -0.383 e. The smallest absolute Gasteiger partial charge is 0.143 e. The van der Waals surface area contributed by atoms with Crippen LogP contribution in [0, 0.1) is 34.0 Å². The third kappa shape index (κ3) is 3.16. The van der Waals surface area contributed by atoms with Crippen molar-refractivity contribution in [3.8, 4) is 29.3 Å². The molecule has 0 unspecified atom stereocenters. The summed E-state index contributed by atoms with van der Waals surface area (Å²) in [6, 6.07) is 12.8. The van der Waals surface area contributed by atoms with Gasteiger partial charge in [-0.2, -0.15) is 15.8 Å². The molecule has 23 heavy (non-hydrogen) atoms. The zero-order valence-corrected chi connectivity index (χ0v) is 12.9. The largest absolute Gasteiger partial charge is 0.383 e. The van der Waals surface area contributed by atoms with Crippen molar-refractivity contribution < 1.29 is 0 Å². The molecule has 1 heterocycles. The first kappa shape index (κ1) is 16.1. The molecule has 0 aliphatic carbocycles. The van der Waals surface area contributed by atoms with E-state index in [2.05, 4.69) is 17.6 Å². The molecule has 0 bridgehead atoms. The van der Waals surface area contributed by atoms with E-state index in [1.165, 1.54) is 11.8 Å². The van der Waals surface area contributed by atoms with E-state index in [1.807, 2.05) is 12.1 Å². The number of anilines is 1. The van der Waals surface area contributed by atoms with Gasteiger partial charge in [0.25, 0.3) is 0 Å². The number of hydrogen-bond donors (Lipinski definition) is 1. The minimum atomic E-state index is 0.0809. The van der Waals surface area contributed by atoms with E-state index in [4.69, 9.17) is 11.0 Å². The lowest BCUT2D eigenvalue weighted by Gasteiger charge is -2.12. The Morgan fingerprint density at radius 2 is 1.74 bits per heavy atom. The van der Waals surface area contributed by atoms with Crippen LogP contribution in [0.4, 0.5) is 5.82 Å². The summed E-state index contributed by atoms with van der Waals surface area (Å²) in [6.45, 7) is 3.64. The molecule has 0 amide bonds. The lowest BCUT2D eigenvalue weighted by molar-refractivity contribution is 1.12. The van der Waals surface area contributed by atoms with E-state index in [0.717, 1.165) is 0 Å². The van der Waals surface area contributed by atoms with Gasteiger partial charge >= 0.3 is 0 Å². The van der Waals surface area contributed by atoms with Crippen LogP contribution in [-0.2, 0) is 0 Å². The molecular weight excluding hydrogens is 306 g/mol. The van der Waals surface area contributed by atoms with Crippen LogP contribution in [0.15, 0.2) is 41.9 Å². The van der Waals surface area contributed by atoms with Crippen molar-refractivity contribution in [1.29, 1.82) is 15.8 Å². The number of thioether (sulfide) groups is 1. The third-order valence-corrected chi connectivity index (χ3v) is 4.03. The molecule has 6 heteroatoms. The Labute approximate surface area is 138 Å². The number of pyridine rings is 1. The molecule has 0 aliphatic heterocycles. The van der Waals surface area contributed by atoms with Crippen LogP contribution in [0.25, 0.3) is 11.1 Å². The van der Waals surface area contributed by atoms with Gasteiger partial charge in [-0.05, 0) is 17.7 Å². The Hall–Kier alpha value is -3.27. The first-order valence-electron chi connectivity index (χ1n) is 6.54. The zero-order valence-electron chi connectivity index (χ0n) is 12.1. The van der Waals surface area contributed by atoms with Crippen molar-refractivity contribution in [2.45, 2.75) is 5.03 Å². The van der Waals surface area contributed by atoms with Crippen LogP contribution < -0.4 is 5.73 Å². The quantitative estimate of drug-likeness (QED) is 0.684. The Morgan fingerprint density at radius 1 is 1.09 bits per heavy atom. The molecule has 2 aromatic rings. The van der Waals surface area contributed by atoms with Crippen LogP contribution >= 0.6 is 11.8 Å². The summed E-state index contributed by atoms with van der Waals surface area (Å²) in [7, 11) is 0. The number of nitriles is 3. The van der Waals surface area contributed by atoms with Crippen LogP contribution in [0.1, 0.15) is 16.7 Å². The SMILES string of the molecule is C=CCSc1nc(N)c(C#N)c(-c2ccc(C#N)cc2)c1C#N. The molecule has 0 spiro atoms. The van der Waals surface area contributed by atoms with Gasteiger partial charge < -0.3 is 5.73 Å². The molecule has 0 fully saturated rings. The fourth-order valence-corrected chi connectivity index (χ4v) is 2.77. The van der Waals surface area contributed by atoms with Gasteiger partial charge in [-0.15, -0.1) is 18.3 Å². The molecule has 2 rings (SSSR count). The molecule has 0 radical (unpaired) electrons. The number of rotatable bonds is 4. The average Bonchev–Trinajstić information content (AvgIpc) is 2.59. The predicted octanol–water partition coefficient (Wildman–Crippen LogP) is 3.22. The Balaban J connectivity index is 2.75. The summed E-state index contributed by atoms with van der Waals surface area (Å²) >= 11 is 1.33. The topological polar surface area (TPSA) is 110 Å². The molecule has 0 saturated carbocycles. The Bertz CT molecular complexity index is 880. The van der Waals surface area contributed by atoms with Gasteiger partial charge in [0.15, 0.2) is 0 Å². The highest BCUT2D eigenvalue weighted by molar-refractivity contribution is 7.99. The number of nitrogens with zero attached hydrogens (tertiary/aromatic N) is 4. The van der Waals surface area contributed by atoms with Crippen molar-refractivity contribution in [2.24, 2.45) is 0 Å². The van der Waals surface area contributed by atoms with Gasteiger partial charge in [0.05, 0.1) is 17.2 Å². The van der Waals surface area contributed by atoms with E-state index >= 15 is 0 Å². The number of hydrogen-bond acceptors (Lipinski definition) is 6. The van der Waals surface area contributed by atoms with Gasteiger partial charge in [0.1, 0.15) is 28.5 Å². The fraction of sp³-hybridized carbons (Fsp3) is 0.0588. The first-order chi connectivity index (χ1) is 11.2. The van der Waals surface area contributed by atoms with Crippen LogP contribution in [0.5, 0.6) is 0 Å². The maximum Gasteiger partial charge on any atom is 0.143 e. The van der Waals surface area contributed by atoms with Crippen LogP contribution in [-0.4, -0.2) is 10.7 Å². The number of nitrogens with two attached hydrogens (primary N) is 1. The second kappa shape index (κ2) is 7.13. The minimum absolute atomic E-state index is 0.0809.